The number of halogens is 1. The van der Waals surface area contributed by atoms with Gasteiger partial charge >= 0.3 is 0 Å². The maximum Gasteiger partial charge on any atom is 0.127 e. The van der Waals surface area contributed by atoms with E-state index in [1.165, 1.54) is 0 Å². The molecule has 0 saturated heterocycles. The Bertz CT molecular complexity index is 429. The van der Waals surface area contributed by atoms with Gasteiger partial charge in [0, 0.05) is 30.7 Å². The summed E-state index contributed by atoms with van der Waals surface area (Å²) >= 11 is 0. The van der Waals surface area contributed by atoms with Crippen molar-refractivity contribution in [1.82, 2.24) is 10.2 Å². The van der Waals surface area contributed by atoms with Crippen LogP contribution < -0.4 is 5.32 Å². The highest BCUT2D eigenvalue weighted by Crippen LogP contribution is 2.16. The summed E-state index contributed by atoms with van der Waals surface area (Å²) in [6, 6.07) is 6.34. The van der Waals surface area contributed by atoms with Gasteiger partial charge in [-0.15, -0.1) is 0 Å². The third-order valence-corrected chi connectivity index (χ3v) is 3.81. The van der Waals surface area contributed by atoms with Crippen molar-refractivity contribution in [3.05, 3.63) is 35.1 Å². The molecule has 1 aromatic rings. The predicted molar refractivity (Wildman–Crippen MR) is 88.8 cm³/mol. The molecule has 1 unspecified atom stereocenters. The number of nitrogens with zero attached hydrogens (tertiary/aromatic N) is 1. The highest BCUT2D eigenvalue weighted by atomic mass is 19.1. The molecule has 0 spiro atoms. The van der Waals surface area contributed by atoms with Crippen molar-refractivity contribution in [1.29, 1.82) is 0 Å². The van der Waals surface area contributed by atoms with Crippen molar-refractivity contribution in [3.63, 3.8) is 0 Å². The van der Waals surface area contributed by atoms with Crippen molar-refractivity contribution in [2.75, 3.05) is 7.05 Å². The summed E-state index contributed by atoms with van der Waals surface area (Å²) in [7, 11) is 2.07. The van der Waals surface area contributed by atoms with Crippen LogP contribution in [0.15, 0.2) is 18.2 Å². The quantitative estimate of drug-likeness (QED) is 0.773. The first-order chi connectivity index (χ1) is 9.79. The highest BCUT2D eigenvalue weighted by molar-refractivity contribution is 5.25. The average Bonchev–Trinajstić information content (AvgIpc) is 2.38. The van der Waals surface area contributed by atoms with E-state index in [9.17, 15) is 4.39 Å². The fourth-order valence-electron chi connectivity index (χ4n) is 2.47. The molecule has 0 heterocycles. The van der Waals surface area contributed by atoms with Gasteiger partial charge in [-0.1, -0.05) is 39.8 Å². The molecule has 2 nitrogen and oxygen atoms in total. The number of rotatable bonds is 8. The summed E-state index contributed by atoms with van der Waals surface area (Å²) in [6.07, 6.45) is 1.13. The van der Waals surface area contributed by atoms with Gasteiger partial charge in [0.25, 0.3) is 0 Å². The molecular formula is C18H31FN2. The first kappa shape index (κ1) is 18.1. The molecule has 0 aliphatic carbocycles. The van der Waals surface area contributed by atoms with Crippen molar-refractivity contribution in [2.24, 2.45) is 5.92 Å². The maximum absolute atomic E-state index is 14.0. The summed E-state index contributed by atoms with van der Waals surface area (Å²) in [6.45, 7) is 12.3. The van der Waals surface area contributed by atoms with Crippen molar-refractivity contribution in [2.45, 2.75) is 66.2 Å². The first-order valence-electron chi connectivity index (χ1n) is 8.00. The molecule has 0 fully saturated rings. The smallest absolute Gasteiger partial charge is 0.127 e. The minimum Gasteiger partial charge on any atom is -0.310 e. The van der Waals surface area contributed by atoms with Crippen molar-refractivity contribution >= 4 is 0 Å². The maximum atomic E-state index is 14.0. The van der Waals surface area contributed by atoms with Crippen molar-refractivity contribution in [3.8, 4) is 0 Å². The Kier molecular flexibility index (Phi) is 7.33. The van der Waals surface area contributed by atoms with E-state index >= 15 is 0 Å². The zero-order valence-corrected chi connectivity index (χ0v) is 14.4. The van der Waals surface area contributed by atoms with Gasteiger partial charge in [0.1, 0.15) is 5.82 Å². The predicted octanol–water partition coefficient (Wildman–Crippen LogP) is 4.19. The number of hydrogen-bond acceptors (Lipinski definition) is 2. The summed E-state index contributed by atoms with van der Waals surface area (Å²) < 4.78 is 14.0. The molecule has 0 aliphatic heterocycles. The standard InChI is InChI=1S/C18H31FN2/c1-13(2)9-15(5)21(6)12-17-10-16(7-8-18(17)19)11-20-14(3)4/h7-8,10,13-15,20H,9,11-12H2,1-6H3. The fraction of sp³-hybridized carbons (Fsp3) is 0.667. The Morgan fingerprint density at radius 1 is 1.14 bits per heavy atom. The number of hydrogen-bond donors (Lipinski definition) is 1. The van der Waals surface area contributed by atoms with Crippen LogP contribution in [0.1, 0.15) is 52.2 Å². The summed E-state index contributed by atoms with van der Waals surface area (Å²) in [5.74, 6) is 0.556. The molecule has 1 atom stereocenters. The summed E-state index contributed by atoms with van der Waals surface area (Å²) in [4.78, 5) is 2.23. The second kappa shape index (κ2) is 8.50. The van der Waals surface area contributed by atoms with Crippen LogP contribution in [0, 0.1) is 11.7 Å². The second-order valence-corrected chi connectivity index (χ2v) is 6.86. The first-order valence-corrected chi connectivity index (χ1v) is 8.00. The normalized spacial score (nSPS) is 13.4. The van der Waals surface area contributed by atoms with E-state index in [4.69, 9.17) is 0 Å². The molecule has 0 bridgehead atoms. The molecule has 1 rings (SSSR count). The zero-order valence-electron chi connectivity index (χ0n) is 14.4. The zero-order chi connectivity index (χ0) is 16.0. The Morgan fingerprint density at radius 3 is 2.38 bits per heavy atom. The lowest BCUT2D eigenvalue weighted by atomic mass is 10.0. The van der Waals surface area contributed by atoms with E-state index in [0.717, 1.165) is 24.1 Å². The van der Waals surface area contributed by atoms with Gasteiger partial charge in [0.2, 0.25) is 0 Å². The Balaban J connectivity index is 2.70. The minimum atomic E-state index is -0.105. The highest BCUT2D eigenvalue weighted by Gasteiger charge is 2.13. The monoisotopic (exact) mass is 294 g/mol. The number of benzene rings is 1. The van der Waals surface area contributed by atoms with Crippen LogP contribution in [0.4, 0.5) is 4.39 Å². The average molecular weight is 294 g/mol. The second-order valence-electron chi connectivity index (χ2n) is 6.86. The molecule has 1 aromatic carbocycles. The van der Waals surface area contributed by atoms with Crippen molar-refractivity contribution < 1.29 is 4.39 Å². The van der Waals surface area contributed by atoms with E-state index in [-0.39, 0.29) is 5.82 Å². The van der Waals surface area contributed by atoms with Crippen LogP contribution in [0.25, 0.3) is 0 Å². The van der Waals surface area contributed by atoms with Crippen LogP contribution >= 0.6 is 0 Å². The molecule has 120 valence electrons. The Morgan fingerprint density at radius 2 is 1.81 bits per heavy atom. The third-order valence-electron chi connectivity index (χ3n) is 3.81. The Hall–Kier alpha value is -0.930. The van der Waals surface area contributed by atoms with Gasteiger partial charge in [0.05, 0.1) is 0 Å². The van der Waals surface area contributed by atoms with E-state index in [1.807, 2.05) is 12.1 Å². The van der Waals surface area contributed by atoms with E-state index in [1.54, 1.807) is 6.07 Å². The molecule has 0 saturated carbocycles. The van der Waals surface area contributed by atoms with E-state index < -0.39 is 0 Å². The molecule has 1 N–H and O–H groups in total. The van der Waals surface area contributed by atoms with Crippen LogP contribution in [0.5, 0.6) is 0 Å². The summed E-state index contributed by atoms with van der Waals surface area (Å²) in [5, 5.41) is 3.37. The minimum absolute atomic E-state index is 0.105. The molecular weight excluding hydrogens is 263 g/mol. The van der Waals surface area contributed by atoms with Gasteiger partial charge in [-0.3, -0.25) is 4.90 Å². The van der Waals surface area contributed by atoms with Crippen LogP contribution in [-0.2, 0) is 13.1 Å². The van der Waals surface area contributed by atoms with Gasteiger partial charge in [-0.2, -0.15) is 0 Å². The van der Waals surface area contributed by atoms with Gasteiger partial charge in [0.15, 0.2) is 0 Å². The van der Waals surface area contributed by atoms with E-state index in [2.05, 4.69) is 51.9 Å². The largest absolute Gasteiger partial charge is 0.310 e. The summed E-state index contributed by atoms with van der Waals surface area (Å²) in [5.41, 5.74) is 1.93. The fourth-order valence-corrected chi connectivity index (χ4v) is 2.47. The van der Waals surface area contributed by atoms with Gasteiger partial charge in [-0.05, 0) is 37.9 Å². The van der Waals surface area contributed by atoms with Crippen LogP contribution in [0.2, 0.25) is 0 Å². The molecule has 21 heavy (non-hydrogen) atoms. The molecule has 0 radical (unpaired) electrons. The third kappa shape index (κ3) is 6.58. The lowest BCUT2D eigenvalue weighted by Crippen LogP contribution is -2.30. The molecule has 0 aliphatic rings. The lowest BCUT2D eigenvalue weighted by Gasteiger charge is -2.26. The van der Waals surface area contributed by atoms with E-state index in [0.29, 0.717) is 24.5 Å². The van der Waals surface area contributed by atoms with Gasteiger partial charge in [-0.25, -0.2) is 4.39 Å². The molecule has 3 heteroatoms. The van der Waals surface area contributed by atoms with Crippen LogP contribution in [0.3, 0.4) is 0 Å². The lowest BCUT2D eigenvalue weighted by molar-refractivity contribution is 0.218. The Labute approximate surface area is 129 Å². The molecule has 0 amide bonds. The topological polar surface area (TPSA) is 15.3 Å². The SMILES string of the molecule is CC(C)CC(C)N(C)Cc1cc(CNC(C)C)ccc1F. The van der Waals surface area contributed by atoms with Crippen LogP contribution in [-0.4, -0.2) is 24.0 Å². The molecule has 0 aromatic heterocycles. The number of nitrogens with one attached hydrogen (secondary N) is 1. The van der Waals surface area contributed by atoms with Gasteiger partial charge < -0.3 is 5.32 Å².